The maximum absolute atomic E-state index is 11.5. The summed E-state index contributed by atoms with van der Waals surface area (Å²) >= 11 is 0. The Labute approximate surface area is 96.0 Å². The van der Waals surface area contributed by atoms with Crippen molar-refractivity contribution in [2.45, 2.75) is 38.3 Å². The predicted octanol–water partition coefficient (Wildman–Crippen LogP) is -0.0692. The SMILES string of the molecule is CCCC(N)CC(=O)NC1C=CS(=O)(=O)C1. The lowest BCUT2D eigenvalue weighted by atomic mass is 10.1. The van der Waals surface area contributed by atoms with E-state index in [4.69, 9.17) is 5.73 Å². The Hall–Kier alpha value is -0.880. The van der Waals surface area contributed by atoms with Crippen LogP contribution in [0.25, 0.3) is 0 Å². The zero-order valence-corrected chi connectivity index (χ0v) is 10.2. The van der Waals surface area contributed by atoms with Crippen molar-refractivity contribution in [3.8, 4) is 0 Å². The van der Waals surface area contributed by atoms with E-state index in [0.29, 0.717) is 0 Å². The van der Waals surface area contributed by atoms with Gasteiger partial charge in [-0.1, -0.05) is 13.3 Å². The Kier molecular flexibility index (Phi) is 4.49. The van der Waals surface area contributed by atoms with Crippen LogP contribution in [0.15, 0.2) is 11.5 Å². The van der Waals surface area contributed by atoms with E-state index in [0.717, 1.165) is 18.2 Å². The van der Waals surface area contributed by atoms with Gasteiger partial charge in [0.2, 0.25) is 5.91 Å². The monoisotopic (exact) mass is 246 g/mol. The second kappa shape index (κ2) is 5.45. The molecule has 0 aromatic carbocycles. The summed E-state index contributed by atoms with van der Waals surface area (Å²) in [6, 6.07) is -0.543. The fourth-order valence-corrected chi connectivity index (χ4v) is 2.88. The molecule has 1 aliphatic heterocycles. The molecule has 0 aromatic heterocycles. The highest BCUT2D eigenvalue weighted by Gasteiger charge is 2.23. The van der Waals surface area contributed by atoms with Crippen LogP contribution in [-0.2, 0) is 14.6 Å². The molecule has 1 aliphatic rings. The molecular formula is C10H18N2O3S. The number of carbonyl (C=O) groups excluding carboxylic acids is 1. The molecule has 16 heavy (non-hydrogen) atoms. The Morgan fingerprint density at radius 1 is 1.62 bits per heavy atom. The standard InChI is InChI=1S/C10H18N2O3S/c1-2-3-8(11)6-10(13)12-9-4-5-16(14,15)7-9/h4-5,8-9H,2-3,6-7,11H2,1H3,(H,12,13). The van der Waals surface area contributed by atoms with E-state index < -0.39 is 15.9 Å². The highest BCUT2D eigenvalue weighted by atomic mass is 32.2. The lowest BCUT2D eigenvalue weighted by Crippen LogP contribution is -2.38. The number of carbonyl (C=O) groups is 1. The van der Waals surface area contributed by atoms with Crippen LogP contribution in [0.2, 0.25) is 0 Å². The molecule has 0 saturated heterocycles. The van der Waals surface area contributed by atoms with Gasteiger partial charge in [-0.3, -0.25) is 4.79 Å². The van der Waals surface area contributed by atoms with Gasteiger partial charge in [-0.25, -0.2) is 8.42 Å². The van der Waals surface area contributed by atoms with Crippen molar-refractivity contribution in [1.82, 2.24) is 5.32 Å². The van der Waals surface area contributed by atoms with E-state index in [-0.39, 0.29) is 24.1 Å². The number of sulfone groups is 1. The summed E-state index contributed by atoms with van der Waals surface area (Å²) in [7, 11) is -3.11. The third-order valence-corrected chi connectivity index (χ3v) is 3.78. The van der Waals surface area contributed by atoms with Gasteiger partial charge < -0.3 is 11.1 Å². The predicted molar refractivity (Wildman–Crippen MR) is 62.4 cm³/mol. The summed E-state index contributed by atoms with van der Waals surface area (Å²) in [5.41, 5.74) is 5.72. The number of hydrogen-bond donors (Lipinski definition) is 2. The summed E-state index contributed by atoms with van der Waals surface area (Å²) in [6.07, 6.45) is 3.48. The molecule has 92 valence electrons. The smallest absolute Gasteiger partial charge is 0.222 e. The maximum atomic E-state index is 11.5. The molecule has 0 bridgehead atoms. The molecule has 3 N–H and O–H groups in total. The van der Waals surface area contributed by atoms with Gasteiger partial charge in [0.25, 0.3) is 0 Å². The van der Waals surface area contributed by atoms with Gasteiger partial charge in [0, 0.05) is 17.9 Å². The zero-order valence-electron chi connectivity index (χ0n) is 9.35. The minimum absolute atomic E-state index is 0.0399. The number of amides is 1. The van der Waals surface area contributed by atoms with Crippen molar-refractivity contribution in [2.24, 2.45) is 5.73 Å². The van der Waals surface area contributed by atoms with Crippen LogP contribution in [0.5, 0.6) is 0 Å². The second-order valence-corrected chi connectivity index (χ2v) is 6.02. The van der Waals surface area contributed by atoms with E-state index in [2.05, 4.69) is 5.32 Å². The molecule has 0 spiro atoms. The van der Waals surface area contributed by atoms with Crippen LogP contribution >= 0.6 is 0 Å². The largest absolute Gasteiger partial charge is 0.349 e. The molecule has 1 rings (SSSR count). The average Bonchev–Trinajstić information content (AvgIpc) is 2.45. The average molecular weight is 246 g/mol. The molecule has 0 aromatic rings. The fourth-order valence-electron chi connectivity index (χ4n) is 1.64. The van der Waals surface area contributed by atoms with Crippen LogP contribution in [0.3, 0.4) is 0 Å². The normalized spacial score (nSPS) is 24.2. The third-order valence-electron chi connectivity index (χ3n) is 2.38. The van der Waals surface area contributed by atoms with E-state index in [1.807, 2.05) is 6.92 Å². The Balaban J connectivity index is 2.34. The first-order chi connectivity index (χ1) is 7.43. The zero-order chi connectivity index (χ0) is 12.2. The summed E-state index contributed by atoms with van der Waals surface area (Å²) < 4.78 is 22.2. The lowest BCUT2D eigenvalue weighted by molar-refractivity contribution is -0.121. The van der Waals surface area contributed by atoms with Crippen LogP contribution in [0, 0.1) is 0 Å². The third kappa shape index (κ3) is 4.32. The van der Waals surface area contributed by atoms with Crippen molar-refractivity contribution < 1.29 is 13.2 Å². The first-order valence-corrected chi connectivity index (χ1v) is 7.10. The molecule has 5 nitrogen and oxygen atoms in total. The van der Waals surface area contributed by atoms with E-state index >= 15 is 0 Å². The van der Waals surface area contributed by atoms with Gasteiger partial charge in [0.15, 0.2) is 9.84 Å². The molecule has 0 saturated carbocycles. The number of rotatable bonds is 5. The number of hydrogen-bond acceptors (Lipinski definition) is 4. The highest BCUT2D eigenvalue weighted by Crippen LogP contribution is 2.08. The van der Waals surface area contributed by atoms with Gasteiger partial charge in [0.1, 0.15) is 0 Å². The molecule has 6 heteroatoms. The van der Waals surface area contributed by atoms with Gasteiger partial charge in [-0.05, 0) is 12.5 Å². The lowest BCUT2D eigenvalue weighted by Gasteiger charge is -2.13. The Morgan fingerprint density at radius 3 is 2.81 bits per heavy atom. The fraction of sp³-hybridized carbons (Fsp3) is 0.700. The molecule has 1 amide bonds. The summed E-state index contributed by atoms with van der Waals surface area (Å²) in [5.74, 6) is -0.227. The van der Waals surface area contributed by atoms with Crippen molar-refractivity contribution in [1.29, 1.82) is 0 Å². The first kappa shape index (κ1) is 13.2. The molecule has 0 fully saturated rings. The van der Waals surface area contributed by atoms with Crippen molar-refractivity contribution >= 4 is 15.7 Å². The Morgan fingerprint density at radius 2 is 2.31 bits per heavy atom. The molecule has 1 heterocycles. The van der Waals surface area contributed by atoms with Crippen LogP contribution in [0.4, 0.5) is 0 Å². The van der Waals surface area contributed by atoms with Crippen LogP contribution in [0.1, 0.15) is 26.2 Å². The first-order valence-electron chi connectivity index (χ1n) is 5.39. The summed E-state index contributed by atoms with van der Waals surface area (Å²) in [4.78, 5) is 11.5. The van der Waals surface area contributed by atoms with E-state index in [1.165, 1.54) is 6.08 Å². The minimum atomic E-state index is -3.11. The van der Waals surface area contributed by atoms with Crippen LogP contribution in [-0.4, -0.2) is 32.2 Å². The van der Waals surface area contributed by atoms with Gasteiger partial charge >= 0.3 is 0 Å². The molecular weight excluding hydrogens is 228 g/mol. The molecule has 0 radical (unpaired) electrons. The quantitative estimate of drug-likeness (QED) is 0.710. The summed E-state index contributed by atoms with van der Waals surface area (Å²) in [5, 5.41) is 3.78. The highest BCUT2D eigenvalue weighted by molar-refractivity contribution is 7.94. The number of nitrogens with one attached hydrogen (secondary N) is 1. The van der Waals surface area contributed by atoms with Gasteiger partial charge in [-0.15, -0.1) is 0 Å². The topological polar surface area (TPSA) is 89.3 Å². The molecule has 2 atom stereocenters. The van der Waals surface area contributed by atoms with Crippen molar-refractivity contribution in [3.05, 3.63) is 11.5 Å². The minimum Gasteiger partial charge on any atom is -0.349 e. The van der Waals surface area contributed by atoms with Crippen molar-refractivity contribution in [3.63, 3.8) is 0 Å². The number of nitrogens with two attached hydrogens (primary N) is 1. The second-order valence-electron chi connectivity index (χ2n) is 4.08. The molecule has 2 unspecified atom stereocenters. The van der Waals surface area contributed by atoms with E-state index in [1.54, 1.807) is 0 Å². The summed E-state index contributed by atoms with van der Waals surface area (Å²) in [6.45, 7) is 2.00. The van der Waals surface area contributed by atoms with Crippen molar-refractivity contribution in [2.75, 3.05) is 5.75 Å². The Bertz CT molecular complexity index is 376. The van der Waals surface area contributed by atoms with E-state index in [9.17, 15) is 13.2 Å². The maximum Gasteiger partial charge on any atom is 0.222 e. The molecule has 0 aliphatic carbocycles. The van der Waals surface area contributed by atoms with Gasteiger partial charge in [0.05, 0.1) is 11.8 Å². The van der Waals surface area contributed by atoms with Crippen LogP contribution < -0.4 is 11.1 Å². The van der Waals surface area contributed by atoms with Gasteiger partial charge in [-0.2, -0.15) is 0 Å².